The average molecular weight is 282 g/mol. The predicted molar refractivity (Wildman–Crippen MR) is 77.4 cm³/mol. The van der Waals surface area contributed by atoms with Crippen LogP contribution in [0.15, 0.2) is 12.1 Å². The molecular formula is C13H20BFO3Si. The Balaban J connectivity index is 2.38. The lowest BCUT2D eigenvalue weighted by Gasteiger charge is -2.32. The van der Waals surface area contributed by atoms with Gasteiger partial charge in [-0.05, 0) is 51.7 Å². The first-order chi connectivity index (χ1) is 8.69. The van der Waals surface area contributed by atoms with Crippen LogP contribution in [-0.2, 0) is 9.31 Å². The molecule has 0 N–H and O–H groups in total. The topological polar surface area (TPSA) is 27.7 Å². The van der Waals surface area contributed by atoms with Gasteiger partial charge < -0.3 is 13.7 Å². The number of rotatable bonds is 2. The molecule has 1 aliphatic rings. The SMILES string of the molecule is Cc1c(B2OC(C)(C)C(C)(C)O2)ccc(O[SiH3])c1F. The minimum atomic E-state index is -0.539. The van der Waals surface area contributed by atoms with Crippen LogP contribution in [0.1, 0.15) is 33.3 Å². The summed E-state index contributed by atoms with van der Waals surface area (Å²) in [5, 5.41) is 0. The van der Waals surface area contributed by atoms with Crippen LogP contribution in [-0.4, -0.2) is 28.8 Å². The molecule has 2 rings (SSSR count). The highest BCUT2D eigenvalue weighted by atomic mass is 28.2. The number of hydrogen-bond acceptors (Lipinski definition) is 3. The van der Waals surface area contributed by atoms with E-state index in [2.05, 4.69) is 0 Å². The summed E-state index contributed by atoms with van der Waals surface area (Å²) in [5.41, 5.74) is 0.395. The third kappa shape index (κ3) is 2.33. The van der Waals surface area contributed by atoms with E-state index in [1.807, 2.05) is 33.8 Å². The molecule has 6 heteroatoms. The second-order valence-electron chi connectivity index (χ2n) is 5.88. The van der Waals surface area contributed by atoms with Gasteiger partial charge in [0.05, 0.1) is 11.2 Å². The van der Waals surface area contributed by atoms with Crippen LogP contribution in [0.5, 0.6) is 5.75 Å². The Morgan fingerprint density at radius 1 is 1.16 bits per heavy atom. The highest BCUT2D eigenvalue weighted by molar-refractivity contribution is 6.62. The van der Waals surface area contributed by atoms with Gasteiger partial charge in [0.1, 0.15) is 5.75 Å². The molecule has 1 aromatic carbocycles. The summed E-state index contributed by atoms with van der Waals surface area (Å²) < 4.78 is 31.1. The highest BCUT2D eigenvalue weighted by Crippen LogP contribution is 2.37. The summed E-state index contributed by atoms with van der Waals surface area (Å²) in [6, 6.07) is 3.45. The quantitative estimate of drug-likeness (QED) is 0.760. The predicted octanol–water partition coefficient (Wildman–Crippen LogP) is 1.09. The molecule has 1 aliphatic heterocycles. The van der Waals surface area contributed by atoms with Crippen LogP contribution in [0, 0.1) is 12.7 Å². The first-order valence-corrected chi connectivity index (χ1v) is 7.20. The van der Waals surface area contributed by atoms with Gasteiger partial charge in [0.15, 0.2) is 5.82 Å². The number of benzene rings is 1. The van der Waals surface area contributed by atoms with Crippen molar-refractivity contribution in [3.8, 4) is 5.75 Å². The van der Waals surface area contributed by atoms with Crippen molar-refractivity contribution in [1.82, 2.24) is 0 Å². The largest absolute Gasteiger partial charge is 0.551 e. The molecule has 1 saturated heterocycles. The molecule has 0 amide bonds. The van der Waals surface area contributed by atoms with E-state index in [0.717, 1.165) is 5.46 Å². The van der Waals surface area contributed by atoms with Crippen LogP contribution in [0.3, 0.4) is 0 Å². The van der Waals surface area contributed by atoms with Crippen LogP contribution in [0.25, 0.3) is 0 Å². The van der Waals surface area contributed by atoms with Crippen LogP contribution in [0.2, 0.25) is 0 Å². The summed E-state index contributed by atoms with van der Waals surface area (Å²) in [6.07, 6.45) is 0. The minimum Gasteiger partial charge on any atom is -0.551 e. The van der Waals surface area contributed by atoms with Crippen molar-refractivity contribution in [2.24, 2.45) is 0 Å². The lowest BCUT2D eigenvalue weighted by Crippen LogP contribution is -2.41. The fourth-order valence-electron chi connectivity index (χ4n) is 2.06. The molecule has 0 unspecified atom stereocenters. The second-order valence-corrected chi connectivity index (χ2v) is 6.29. The maximum atomic E-state index is 14.1. The maximum Gasteiger partial charge on any atom is 0.495 e. The van der Waals surface area contributed by atoms with Gasteiger partial charge >= 0.3 is 7.12 Å². The standard InChI is InChI=1S/C13H20BFO3Si/c1-8-9(6-7-10(16-19)11(8)15)14-17-12(2,3)13(4,5)18-14/h6-7H,1-5,19H3. The number of halogens is 1. The summed E-state index contributed by atoms with van der Waals surface area (Å²) in [5.74, 6) is -0.0355. The van der Waals surface area contributed by atoms with E-state index >= 15 is 0 Å². The van der Waals surface area contributed by atoms with Crippen LogP contribution >= 0.6 is 0 Å². The number of hydrogen-bond donors (Lipinski definition) is 0. The van der Waals surface area contributed by atoms with Crippen molar-refractivity contribution < 1.29 is 18.1 Å². The Kier molecular flexibility index (Phi) is 3.53. The van der Waals surface area contributed by atoms with Gasteiger partial charge in [-0.25, -0.2) is 4.39 Å². The third-order valence-corrected chi connectivity index (χ3v) is 4.56. The Labute approximate surface area is 117 Å². The van der Waals surface area contributed by atoms with E-state index in [-0.39, 0.29) is 5.82 Å². The zero-order chi connectivity index (χ0) is 14.4. The van der Waals surface area contributed by atoms with Gasteiger partial charge in [-0.15, -0.1) is 0 Å². The summed E-state index contributed by atoms with van der Waals surface area (Å²) in [4.78, 5) is 0. The van der Waals surface area contributed by atoms with Gasteiger partial charge in [0.25, 0.3) is 0 Å². The maximum absolute atomic E-state index is 14.1. The van der Waals surface area contributed by atoms with Gasteiger partial charge in [0.2, 0.25) is 10.5 Å². The Morgan fingerprint density at radius 3 is 2.16 bits per heavy atom. The van der Waals surface area contributed by atoms with Crippen molar-refractivity contribution in [2.45, 2.75) is 45.8 Å². The van der Waals surface area contributed by atoms with Crippen molar-refractivity contribution in [2.75, 3.05) is 0 Å². The molecule has 0 saturated carbocycles. The fraction of sp³-hybridized carbons (Fsp3) is 0.538. The first-order valence-electron chi connectivity index (χ1n) is 6.38. The molecular weight excluding hydrogens is 262 g/mol. The molecule has 3 nitrogen and oxygen atoms in total. The molecule has 1 aromatic rings. The van der Waals surface area contributed by atoms with E-state index in [9.17, 15) is 4.39 Å². The highest BCUT2D eigenvalue weighted by Gasteiger charge is 2.52. The zero-order valence-corrected chi connectivity index (χ0v) is 14.3. The molecule has 1 heterocycles. The first kappa shape index (κ1) is 14.6. The average Bonchev–Trinajstić information content (AvgIpc) is 2.51. The Morgan fingerprint density at radius 2 is 1.68 bits per heavy atom. The molecule has 0 radical (unpaired) electrons. The second kappa shape index (κ2) is 4.61. The molecule has 0 aromatic heterocycles. The summed E-state index contributed by atoms with van der Waals surface area (Å²) in [6.45, 7) is 9.64. The lowest BCUT2D eigenvalue weighted by molar-refractivity contribution is 0.00578. The molecule has 0 spiro atoms. The van der Waals surface area contributed by atoms with E-state index in [0.29, 0.717) is 21.8 Å². The molecule has 0 aliphatic carbocycles. The van der Waals surface area contributed by atoms with Crippen molar-refractivity contribution >= 4 is 23.1 Å². The van der Waals surface area contributed by atoms with E-state index in [4.69, 9.17) is 13.7 Å². The molecule has 104 valence electrons. The smallest absolute Gasteiger partial charge is 0.495 e. The van der Waals surface area contributed by atoms with Gasteiger partial charge in [-0.3, -0.25) is 0 Å². The van der Waals surface area contributed by atoms with Crippen LogP contribution in [0.4, 0.5) is 4.39 Å². The van der Waals surface area contributed by atoms with Crippen molar-refractivity contribution in [3.63, 3.8) is 0 Å². The molecule has 1 fully saturated rings. The molecule has 0 bridgehead atoms. The van der Waals surface area contributed by atoms with Crippen LogP contribution < -0.4 is 9.89 Å². The monoisotopic (exact) mass is 282 g/mol. The fourth-order valence-corrected chi connectivity index (χ4v) is 2.37. The van der Waals surface area contributed by atoms with E-state index < -0.39 is 18.3 Å². The third-order valence-electron chi connectivity index (χ3n) is 4.12. The molecule has 0 atom stereocenters. The Hall–Kier alpha value is -0.848. The van der Waals surface area contributed by atoms with E-state index in [1.165, 1.54) is 0 Å². The van der Waals surface area contributed by atoms with Crippen molar-refractivity contribution in [3.05, 3.63) is 23.5 Å². The summed E-state index contributed by atoms with van der Waals surface area (Å²) >= 11 is 0. The van der Waals surface area contributed by atoms with Gasteiger partial charge in [-0.2, -0.15) is 0 Å². The van der Waals surface area contributed by atoms with Gasteiger partial charge in [0, 0.05) is 0 Å². The van der Waals surface area contributed by atoms with Gasteiger partial charge in [-0.1, -0.05) is 6.07 Å². The molecule has 19 heavy (non-hydrogen) atoms. The normalized spacial score (nSPS) is 20.8. The summed E-state index contributed by atoms with van der Waals surface area (Å²) in [7, 11) is -0.0763. The van der Waals surface area contributed by atoms with E-state index in [1.54, 1.807) is 13.0 Å². The minimum absolute atomic E-state index is 0.296. The lowest BCUT2D eigenvalue weighted by atomic mass is 9.76. The van der Waals surface area contributed by atoms with Crippen molar-refractivity contribution in [1.29, 1.82) is 0 Å². The zero-order valence-electron chi connectivity index (χ0n) is 12.3. The Bertz CT molecular complexity index is 489.